The number of carbonyl (C=O) groups excluding carboxylic acids is 1. The molecule has 4 aromatic carbocycles. The Morgan fingerprint density at radius 3 is 2.29 bits per heavy atom. The number of rotatable bonds is 10. The molecule has 1 heterocycles. The van der Waals surface area contributed by atoms with Crippen LogP contribution in [0.5, 0.6) is 11.5 Å². The van der Waals surface area contributed by atoms with Gasteiger partial charge >= 0.3 is 0 Å². The van der Waals surface area contributed by atoms with Gasteiger partial charge in [0, 0.05) is 17.7 Å². The van der Waals surface area contributed by atoms with Gasteiger partial charge in [0.05, 0.1) is 6.10 Å². The molecule has 38 heavy (non-hydrogen) atoms. The van der Waals surface area contributed by atoms with Crippen molar-refractivity contribution < 1.29 is 14.3 Å². The van der Waals surface area contributed by atoms with E-state index in [1.165, 1.54) is 19.3 Å². The minimum absolute atomic E-state index is 0.0107. The summed E-state index contributed by atoms with van der Waals surface area (Å²) in [6, 6.07) is 27.9. The van der Waals surface area contributed by atoms with E-state index in [0.29, 0.717) is 12.2 Å². The molecule has 0 aliphatic carbocycles. The van der Waals surface area contributed by atoms with Crippen LogP contribution >= 0.6 is 0 Å². The Morgan fingerprint density at radius 1 is 0.842 bits per heavy atom. The SMILES string of the molecule is CCC(C)Oc1ccc(-c2ccc3ccccc3c2C(=O)c2ccc(OCCN3CCCCC3)cc2)cc1. The van der Waals surface area contributed by atoms with Gasteiger partial charge in [-0.05, 0) is 97.6 Å². The van der Waals surface area contributed by atoms with E-state index in [4.69, 9.17) is 9.47 Å². The summed E-state index contributed by atoms with van der Waals surface area (Å²) in [6.07, 6.45) is 5.01. The molecule has 0 saturated carbocycles. The fraction of sp³-hybridized carbons (Fsp3) is 0.324. The molecule has 5 rings (SSSR count). The predicted octanol–water partition coefficient (Wildman–Crippen LogP) is 7.78. The van der Waals surface area contributed by atoms with E-state index in [1.807, 2.05) is 66.7 Å². The Hall–Kier alpha value is -3.63. The summed E-state index contributed by atoms with van der Waals surface area (Å²) < 4.78 is 12.0. The highest BCUT2D eigenvalue weighted by molar-refractivity contribution is 6.20. The number of benzene rings is 4. The standard InChI is InChI=1S/C34H37NO3/c1-3-25(2)38-30-18-11-27(12-19-30)32-20-15-26-9-5-6-10-31(26)33(32)34(36)28-13-16-29(17-14-28)37-24-23-35-21-7-4-8-22-35/h5-6,9-20,25H,3-4,7-8,21-24H2,1-2H3. The van der Waals surface area contributed by atoms with Crippen molar-refractivity contribution in [3.63, 3.8) is 0 Å². The number of hydrogen-bond acceptors (Lipinski definition) is 4. The summed E-state index contributed by atoms with van der Waals surface area (Å²) in [5.74, 6) is 1.65. The molecule has 1 aliphatic rings. The van der Waals surface area contributed by atoms with Crippen molar-refractivity contribution in [3.05, 3.63) is 96.1 Å². The van der Waals surface area contributed by atoms with E-state index < -0.39 is 0 Å². The van der Waals surface area contributed by atoms with Crippen LogP contribution in [0.15, 0.2) is 84.9 Å². The molecule has 0 N–H and O–H groups in total. The second-order valence-electron chi connectivity index (χ2n) is 10.2. The molecule has 4 heteroatoms. The average molecular weight is 508 g/mol. The highest BCUT2D eigenvalue weighted by Crippen LogP contribution is 2.33. The highest BCUT2D eigenvalue weighted by atomic mass is 16.5. The van der Waals surface area contributed by atoms with Gasteiger partial charge < -0.3 is 9.47 Å². The first kappa shape index (κ1) is 26.0. The number of nitrogens with zero attached hydrogens (tertiary/aromatic N) is 1. The lowest BCUT2D eigenvalue weighted by Gasteiger charge is -2.26. The van der Waals surface area contributed by atoms with Gasteiger partial charge in [0.25, 0.3) is 0 Å². The zero-order chi connectivity index (χ0) is 26.3. The number of carbonyl (C=O) groups is 1. The molecule has 0 spiro atoms. The summed E-state index contributed by atoms with van der Waals surface area (Å²) in [4.78, 5) is 16.4. The zero-order valence-corrected chi connectivity index (χ0v) is 22.5. The number of hydrogen-bond donors (Lipinski definition) is 0. The summed E-state index contributed by atoms with van der Waals surface area (Å²) in [6.45, 7) is 8.12. The highest BCUT2D eigenvalue weighted by Gasteiger charge is 2.19. The van der Waals surface area contributed by atoms with Crippen LogP contribution in [0, 0.1) is 0 Å². The Kier molecular flexibility index (Phi) is 8.40. The molecular formula is C34H37NO3. The largest absolute Gasteiger partial charge is 0.492 e. The first-order chi connectivity index (χ1) is 18.6. The minimum Gasteiger partial charge on any atom is -0.492 e. The van der Waals surface area contributed by atoms with Gasteiger partial charge in [-0.3, -0.25) is 9.69 Å². The zero-order valence-electron chi connectivity index (χ0n) is 22.5. The molecule has 4 aromatic rings. The van der Waals surface area contributed by atoms with Crippen LogP contribution in [0.2, 0.25) is 0 Å². The van der Waals surface area contributed by atoms with Crippen molar-refractivity contribution in [3.8, 4) is 22.6 Å². The van der Waals surface area contributed by atoms with Crippen molar-refractivity contribution in [2.45, 2.75) is 45.6 Å². The van der Waals surface area contributed by atoms with Gasteiger partial charge in [-0.15, -0.1) is 0 Å². The average Bonchev–Trinajstić information content (AvgIpc) is 2.97. The molecule has 4 nitrogen and oxygen atoms in total. The molecule has 1 atom stereocenters. The van der Waals surface area contributed by atoms with Gasteiger partial charge in [-0.1, -0.05) is 61.9 Å². The maximum atomic E-state index is 14.0. The van der Waals surface area contributed by atoms with Crippen LogP contribution in [0.25, 0.3) is 21.9 Å². The van der Waals surface area contributed by atoms with E-state index in [0.717, 1.165) is 65.0 Å². The van der Waals surface area contributed by atoms with Crippen LogP contribution in [0.1, 0.15) is 55.5 Å². The first-order valence-electron chi connectivity index (χ1n) is 13.9. The fourth-order valence-electron chi connectivity index (χ4n) is 5.11. The fourth-order valence-corrected chi connectivity index (χ4v) is 5.11. The number of ketones is 1. The second-order valence-corrected chi connectivity index (χ2v) is 10.2. The Bertz CT molecular complexity index is 1360. The van der Waals surface area contributed by atoms with E-state index >= 15 is 0 Å². The third-order valence-corrected chi connectivity index (χ3v) is 7.48. The molecule has 0 aromatic heterocycles. The maximum Gasteiger partial charge on any atom is 0.194 e. The third-order valence-electron chi connectivity index (χ3n) is 7.48. The molecule has 196 valence electrons. The van der Waals surface area contributed by atoms with Crippen LogP contribution in [-0.2, 0) is 0 Å². The van der Waals surface area contributed by atoms with Gasteiger partial charge in [-0.2, -0.15) is 0 Å². The molecule has 0 bridgehead atoms. The van der Waals surface area contributed by atoms with E-state index in [9.17, 15) is 4.79 Å². The van der Waals surface area contributed by atoms with Crippen molar-refractivity contribution >= 4 is 16.6 Å². The van der Waals surface area contributed by atoms with E-state index in [1.54, 1.807) is 0 Å². The predicted molar refractivity (Wildman–Crippen MR) is 155 cm³/mol. The summed E-state index contributed by atoms with van der Waals surface area (Å²) in [5.41, 5.74) is 3.29. The summed E-state index contributed by atoms with van der Waals surface area (Å²) in [5, 5.41) is 2.01. The number of fused-ring (bicyclic) bond motifs is 1. The van der Waals surface area contributed by atoms with Crippen LogP contribution in [0.3, 0.4) is 0 Å². The second kappa shape index (κ2) is 12.3. The molecule has 1 saturated heterocycles. The summed E-state index contributed by atoms with van der Waals surface area (Å²) >= 11 is 0. The van der Waals surface area contributed by atoms with Crippen molar-refractivity contribution in [2.75, 3.05) is 26.2 Å². The normalized spacial score (nSPS) is 14.8. The molecular weight excluding hydrogens is 470 g/mol. The lowest BCUT2D eigenvalue weighted by atomic mass is 9.89. The monoisotopic (exact) mass is 507 g/mol. The van der Waals surface area contributed by atoms with E-state index in [2.05, 4.69) is 36.9 Å². The van der Waals surface area contributed by atoms with Gasteiger partial charge in [0.15, 0.2) is 5.78 Å². The summed E-state index contributed by atoms with van der Waals surface area (Å²) in [7, 11) is 0. The quantitative estimate of drug-likeness (QED) is 0.205. The van der Waals surface area contributed by atoms with E-state index in [-0.39, 0.29) is 11.9 Å². The van der Waals surface area contributed by atoms with Gasteiger partial charge in [0.2, 0.25) is 0 Å². The number of ether oxygens (including phenoxy) is 2. The number of piperidine rings is 1. The molecule has 1 aliphatic heterocycles. The molecule has 1 fully saturated rings. The Morgan fingerprint density at radius 2 is 1.55 bits per heavy atom. The number of likely N-dealkylation sites (tertiary alicyclic amines) is 1. The van der Waals surface area contributed by atoms with Crippen molar-refractivity contribution in [1.82, 2.24) is 4.90 Å². The Balaban J connectivity index is 1.38. The molecule has 0 amide bonds. The Labute approximate surface area is 226 Å². The van der Waals surface area contributed by atoms with Gasteiger partial charge in [-0.25, -0.2) is 0 Å². The lowest BCUT2D eigenvalue weighted by molar-refractivity contribution is 0.104. The third kappa shape index (κ3) is 6.08. The first-order valence-corrected chi connectivity index (χ1v) is 13.9. The van der Waals surface area contributed by atoms with Gasteiger partial charge in [0.1, 0.15) is 18.1 Å². The maximum absolute atomic E-state index is 14.0. The van der Waals surface area contributed by atoms with Crippen LogP contribution in [0.4, 0.5) is 0 Å². The minimum atomic E-state index is 0.0107. The topological polar surface area (TPSA) is 38.8 Å². The smallest absolute Gasteiger partial charge is 0.194 e. The van der Waals surface area contributed by atoms with Crippen molar-refractivity contribution in [2.24, 2.45) is 0 Å². The van der Waals surface area contributed by atoms with Crippen molar-refractivity contribution in [1.29, 1.82) is 0 Å². The lowest BCUT2D eigenvalue weighted by Crippen LogP contribution is -2.33. The molecule has 0 radical (unpaired) electrons. The molecule has 1 unspecified atom stereocenters. The van der Waals surface area contributed by atoms with Crippen LogP contribution < -0.4 is 9.47 Å². The van der Waals surface area contributed by atoms with Crippen LogP contribution in [-0.4, -0.2) is 43.0 Å².